The molecular weight excluding hydrogens is 372 g/mol. The van der Waals surface area contributed by atoms with Crippen LogP contribution in [-0.2, 0) is 25.6 Å². The maximum Gasteiger partial charge on any atom is 0.308 e. The molecule has 1 aromatic heterocycles. The quantitative estimate of drug-likeness (QED) is 0.490. The van der Waals surface area contributed by atoms with E-state index in [1.807, 2.05) is 48.7 Å². The Morgan fingerprint density at radius 2 is 1.83 bits per heavy atom. The molecule has 0 bridgehead atoms. The summed E-state index contributed by atoms with van der Waals surface area (Å²) in [6, 6.07) is 10.5. The van der Waals surface area contributed by atoms with Crippen LogP contribution in [0.4, 0.5) is 0 Å². The summed E-state index contributed by atoms with van der Waals surface area (Å²) in [4.78, 5) is 36.3. The van der Waals surface area contributed by atoms with Crippen LogP contribution in [0.1, 0.15) is 46.7 Å². The molecule has 1 amide bonds. The summed E-state index contributed by atoms with van der Waals surface area (Å²) in [6.45, 7) is 6.03. The normalized spacial score (nSPS) is 11.7. The number of rotatable bonds is 10. The molecule has 1 N–H and O–H groups in total. The first-order valence-electron chi connectivity index (χ1n) is 9.50. The van der Waals surface area contributed by atoms with Gasteiger partial charge in [-0.25, -0.2) is 0 Å². The lowest BCUT2D eigenvalue weighted by atomic mass is 10.0. The Bertz CT molecular complexity index is 858. The lowest BCUT2D eigenvalue weighted by Gasteiger charge is -2.17. The maximum absolute atomic E-state index is 12.6. The lowest BCUT2D eigenvalue weighted by Crippen LogP contribution is -2.29. The minimum absolute atomic E-state index is 0.0519. The van der Waals surface area contributed by atoms with Crippen LogP contribution in [0.3, 0.4) is 0 Å². The molecule has 0 aliphatic rings. The summed E-state index contributed by atoms with van der Waals surface area (Å²) in [5.41, 5.74) is 3.10. The largest absolute Gasteiger partial charge is 0.457 e. The van der Waals surface area contributed by atoms with Crippen LogP contribution in [-0.4, -0.2) is 42.6 Å². The van der Waals surface area contributed by atoms with Crippen molar-refractivity contribution in [2.45, 2.75) is 39.8 Å². The third kappa shape index (κ3) is 6.29. The standard InChI is InChI=1S/C22H28N2O5/c1-15-12-19(16(2)24(15)10-11-28-4)21(26)14-29-22(27)13-20(23-17(3)25)18-8-6-5-7-9-18/h5-9,12,20H,10-11,13-14H2,1-4H3,(H,23,25)/t20-/m1/s1. The van der Waals surface area contributed by atoms with Crippen LogP contribution in [0.15, 0.2) is 36.4 Å². The molecule has 1 aromatic carbocycles. The number of hydrogen-bond donors (Lipinski definition) is 1. The van der Waals surface area contributed by atoms with E-state index in [1.54, 1.807) is 13.2 Å². The second kappa shape index (κ2) is 10.6. The number of benzene rings is 1. The minimum atomic E-state index is -0.547. The Kier molecular flexibility index (Phi) is 8.15. The van der Waals surface area contributed by atoms with Crippen molar-refractivity contribution in [1.29, 1.82) is 0 Å². The van der Waals surface area contributed by atoms with Gasteiger partial charge in [-0.2, -0.15) is 0 Å². The van der Waals surface area contributed by atoms with Crippen LogP contribution in [0.2, 0.25) is 0 Å². The fourth-order valence-electron chi connectivity index (χ4n) is 3.24. The van der Waals surface area contributed by atoms with Gasteiger partial charge in [0.05, 0.1) is 19.1 Å². The second-order valence-electron chi connectivity index (χ2n) is 6.88. The van der Waals surface area contributed by atoms with E-state index in [2.05, 4.69) is 5.32 Å². The van der Waals surface area contributed by atoms with Crippen LogP contribution < -0.4 is 5.32 Å². The summed E-state index contributed by atoms with van der Waals surface area (Å²) in [5, 5.41) is 2.75. The number of hydrogen-bond acceptors (Lipinski definition) is 5. The molecule has 0 saturated heterocycles. The number of carbonyl (C=O) groups excluding carboxylic acids is 3. The first kappa shape index (κ1) is 22.4. The predicted octanol–water partition coefficient (Wildman–Crippen LogP) is 2.74. The molecule has 1 heterocycles. The number of methoxy groups -OCH3 is 1. The van der Waals surface area contributed by atoms with Gasteiger partial charge in [-0.1, -0.05) is 30.3 Å². The van der Waals surface area contributed by atoms with Gasteiger partial charge in [-0.05, 0) is 25.5 Å². The molecule has 0 saturated carbocycles. The monoisotopic (exact) mass is 400 g/mol. The van der Waals surface area contributed by atoms with Crippen molar-refractivity contribution in [1.82, 2.24) is 9.88 Å². The van der Waals surface area contributed by atoms with E-state index in [-0.39, 0.29) is 24.7 Å². The second-order valence-corrected chi connectivity index (χ2v) is 6.88. The highest BCUT2D eigenvalue weighted by atomic mass is 16.5. The Labute approximate surface area is 171 Å². The van der Waals surface area contributed by atoms with E-state index < -0.39 is 12.0 Å². The third-order valence-corrected chi connectivity index (χ3v) is 4.71. The number of ether oxygens (including phenoxy) is 2. The third-order valence-electron chi connectivity index (χ3n) is 4.71. The first-order valence-corrected chi connectivity index (χ1v) is 9.50. The van der Waals surface area contributed by atoms with Crippen molar-refractivity contribution < 1.29 is 23.9 Å². The summed E-state index contributed by atoms with van der Waals surface area (Å²) >= 11 is 0. The summed E-state index contributed by atoms with van der Waals surface area (Å²) < 4.78 is 12.3. The SMILES string of the molecule is COCCn1c(C)cc(C(=O)COC(=O)C[C@@H](NC(C)=O)c2ccccc2)c1C. The zero-order valence-electron chi connectivity index (χ0n) is 17.4. The van der Waals surface area contributed by atoms with Crippen molar-refractivity contribution in [2.75, 3.05) is 20.3 Å². The van der Waals surface area contributed by atoms with Crippen molar-refractivity contribution in [2.24, 2.45) is 0 Å². The first-order chi connectivity index (χ1) is 13.8. The molecule has 0 unspecified atom stereocenters. The Balaban J connectivity index is 1.99. The number of nitrogens with one attached hydrogen (secondary N) is 1. The van der Waals surface area contributed by atoms with Crippen LogP contribution in [0.5, 0.6) is 0 Å². The number of ketones is 1. The maximum atomic E-state index is 12.6. The molecule has 0 spiro atoms. The number of aryl methyl sites for hydroxylation is 1. The fraction of sp³-hybridized carbons (Fsp3) is 0.409. The topological polar surface area (TPSA) is 86.6 Å². The van der Waals surface area contributed by atoms with E-state index in [1.165, 1.54) is 6.92 Å². The molecule has 29 heavy (non-hydrogen) atoms. The van der Waals surface area contributed by atoms with Crippen LogP contribution in [0, 0.1) is 13.8 Å². The molecule has 2 rings (SSSR count). The number of esters is 1. The van der Waals surface area contributed by atoms with Crippen molar-refractivity contribution in [3.63, 3.8) is 0 Å². The molecule has 0 aliphatic carbocycles. The van der Waals surface area contributed by atoms with Crippen LogP contribution in [0.25, 0.3) is 0 Å². The number of Topliss-reactive ketones (excluding diaryl/α,β-unsaturated/α-hetero) is 1. The average molecular weight is 400 g/mol. The molecule has 2 aromatic rings. The van der Waals surface area contributed by atoms with Gasteiger partial charge in [0.2, 0.25) is 11.7 Å². The smallest absolute Gasteiger partial charge is 0.308 e. The van der Waals surface area contributed by atoms with Gasteiger partial charge in [0.15, 0.2) is 6.61 Å². The average Bonchev–Trinajstić information content (AvgIpc) is 2.98. The number of nitrogens with zero attached hydrogens (tertiary/aromatic N) is 1. The Morgan fingerprint density at radius 1 is 1.14 bits per heavy atom. The van der Waals surface area contributed by atoms with Crippen molar-refractivity contribution in [3.05, 3.63) is 58.9 Å². The highest BCUT2D eigenvalue weighted by Gasteiger charge is 2.21. The summed E-state index contributed by atoms with van der Waals surface area (Å²) in [7, 11) is 1.63. The van der Waals surface area contributed by atoms with Gasteiger partial charge in [0, 0.05) is 37.5 Å². The molecular formula is C22H28N2O5. The van der Waals surface area contributed by atoms with Gasteiger partial charge in [-0.3, -0.25) is 14.4 Å². The van der Waals surface area contributed by atoms with E-state index in [9.17, 15) is 14.4 Å². The number of aromatic nitrogens is 1. The molecule has 7 heteroatoms. The van der Waals surface area contributed by atoms with Gasteiger partial charge in [-0.15, -0.1) is 0 Å². The molecule has 1 atom stereocenters. The highest BCUT2D eigenvalue weighted by Crippen LogP contribution is 2.18. The molecule has 0 fully saturated rings. The van der Waals surface area contributed by atoms with E-state index in [0.29, 0.717) is 18.7 Å². The molecule has 156 valence electrons. The van der Waals surface area contributed by atoms with Crippen molar-refractivity contribution in [3.8, 4) is 0 Å². The zero-order chi connectivity index (χ0) is 21.4. The van der Waals surface area contributed by atoms with E-state index in [4.69, 9.17) is 9.47 Å². The number of carbonyl (C=O) groups is 3. The van der Waals surface area contributed by atoms with Gasteiger partial charge in [0.25, 0.3) is 0 Å². The summed E-state index contributed by atoms with van der Waals surface area (Å²) in [6.07, 6.45) is -0.0519. The molecule has 7 nitrogen and oxygen atoms in total. The summed E-state index contributed by atoms with van der Waals surface area (Å²) in [5.74, 6) is -1.05. The number of amides is 1. The minimum Gasteiger partial charge on any atom is -0.457 e. The van der Waals surface area contributed by atoms with E-state index in [0.717, 1.165) is 17.0 Å². The Hall–Kier alpha value is -2.93. The molecule has 0 aliphatic heterocycles. The highest BCUT2D eigenvalue weighted by molar-refractivity contribution is 5.99. The van der Waals surface area contributed by atoms with Crippen LogP contribution >= 0.6 is 0 Å². The van der Waals surface area contributed by atoms with Crippen molar-refractivity contribution >= 4 is 17.7 Å². The van der Waals surface area contributed by atoms with Gasteiger partial charge in [0.1, 0.15) is 0 Å². The van der Waals surface area contributed by atoms with Gasteiger partial charge >= 0.3 is 5.97 Å². The zero-order valence-corrected chi connectivity index (χ0v) is 17.4. The predicted molar refractivity (Wildman–Crippen MR) is 109 cm³/mol. The Morgan fingerprint density at radius 3 is 2.45 bits per heavy atom. The molecule has 0 radical (unpaired) electrons. The lowest BCUT2D eigenvalue weighted by molar-refractivity contribution is -0.143. The fourth-order valence-corrected chi connectivity index (χ4v) is 3.24. The van der Waals surface area contributed by atoms with Gasteiger partial charge < -0.3 is 19.4 Å². The van der Waals surface area contributed by atoms with E-state index >= 15 is 0 Å².